The topological polar surface area (TPSA) is 46.2 Å². The molecule has 0 bridgehead atoms. The smallest absolute Gasteiger partial charge is 0.207 e. The molecule has 0 fully saturated rings. The van der Waals surface area contributed by atoms with Crippen LogP contribution in [0.4, 0.5) is 22.0 Å². The first-order chi connectivity index (χ1) is 11.0. The van der Waals surface area contributed by atoms with Crippen molar-refractivity contribution < 1.29 is 30.4 Å². The van der Waals surface area contributed by atoms with Gasteiger partial charge in [0.25, 0.3) is 0 Å². The lowest BCUT2D eigenvalue weighted by Gasteiger charge is -2.17. The number of benzene rings is 2. The minimum absolute atomic E-state index is 0.0713. The van der Waals surface area contributed by atoms with E-state index in [2.05, 4.69) is 0 Å². The number of alkyl halides is 3. The number of hydrogen-bond acceptors (Lipinski definition) is 2. The summed E-state index contributed by atoms with van der Waals surface area (Å²) >= 11 is 0. The van der Waals surface area contributed by atoms with Gasteiger partial charge in [-0.2, -0.15) is 13.2 Å². The molecule has 2 rings (SSSR count). The van der Waals surface area contributed by atoms with E-state index >= 15 is 0 Å². The van der Waals surface area contributed by atoms with Gasteiger partial charge in [0.1, 0.15) is 0 Å². The summed E-state index contributed by atoms with van der Waals surface area (Å²) in [6.07, 6.45) is -4.85. The maximum atomic E-state index is 13.2. The molecule has 24 heavy (non-hydrogen) atoms. The Bertz CT molecular complexity index is 849. The van der Waals surface area contributed by atoms with Gasteiger partial charge in [0.15, 0.2) is 11.6 Å². The lowest BCUT2D eigenvalue weighted by molar-refractivity contribution is -0.139. The Morgan fingerprint density at radius 2 is 1.62 bits per heavy atom. The molecule has 2 aromatic carbocycles. The van der Waals surface area contributed by atoms with Gasteiger partial charge in [-0.05, 0) is 36.8 Å². The highest BCUT2D eigenvalue weighted by atomic mass is 32.2. The summed E-state index contributed by atoms with van der Waals surface area (Å²) < 4.78 is 91.5. The van der Waals surface area contributed by atoms with Crippen molar-refractivity contribution in [3.63, 3.8) is 0 Å². The molecule has 0 saturated heterocycles. The van der Waals surface area contributed by atoms with Crippen molar-refractivity contribution in [2.24, 2.45) is 0 Å². The van der Waals surface area contributed by atoms with Crippen LogP contribution in [-0.4, -0.2) is 8.42 Å². The molecular formula is C15H12F5NO2S. The van der Waals surface area contributed by atoms with Gasteiger partial charge in [-0.15, -0.1) is 0 Å². The zero-order chi connectivity index (χ0) is 18.1. The molecule has 2 aromatic rings. The minimum Gasteiger partial charge on any atom is -0.207 e. The Morgan fingerprint density at radius 3 is 2.21 bits per heavy atom. The van der Waals surface area contributed by atoms with E-state index < -0.39 is 44.3 Å². The Labute approximate surface area is 135 Å². The highest BCUT2D eigenvalue weighted by molar-refractivity contribution is 7.89. The largest absolute Gasteiger partial charge is 0.417 e. The second-order valence-electron chi connectivity index (χ2n) is 5.01. The predicted octanol–water partition coefficient (Wildman–Crippen LogP) is 4.02. The van der Waals surface area contributed by atoms with E-state index in [1.807, 2.05) is 4.72 Å². The summed E-state index contributed by atoms with van der Waals surface area (Å²) in [5.74, 6) is -2.30. The molecule has 9 heteroatoms. The summed E-state index contributed by atoms with van der Waals surface area (Å²) in [5, 5.41) is 0. The van der Waals surface area contributed by atoms with Crippen LogP contribution in [0.15, 0.2) is 47.4 Å². The van der Waals surface area contributed by atoms with Gasteiger partial charge in [-0.3, -0.25) is 0 Å². The van der Waals surface area contributed by atoms with Crippen LogP contribution >= 0.6 is 0 Å². The number of halogens is 5. The SMILES string of the molecule is CC(NS(=O)(=O)c1ccccc1C(F)(F)F)c1ccc(F)c(F)c1. The van der Waals surface area contributed by atoms with E-state index in [1.165, 1.54) is 6.92 Å². The van der Waals surface area contributed by atoms with Crippen LogP contribution in [0.3, 0.4) is 0 Å². The van der Waals surface area contributed by atoms with Crippen LogP contribution < -0.4 is 4.72 Å². The van der Waals surface area contributed by atoms with Crippen molar-refractivity contribution in [2.45, 2.75) is 24.0 Å². The Hall–Kier alpha value is -2.00. The van der Waals surface area contributed by atoms with E-state index in [9.17, 15) is 30.4 Å². The molecule has 0 aromatic heterocycles. The summed E-state index contributed by atoms with van der Waals surface area (Å²) in [4.78, 5) is -0.938. The van der Waals surface area contributed by atoms with Crippen LogP contribution in [0.5, 0.6) is 0 Å². The van der Waals surface area contributed by atoms with Crippen LogP contribution in [0.25, 0.3) is 0 Å². The first-order valence-corrected chi connectivity index (χ1v) is 8.14. The van der Waals surface area contributed by atoms with Gasteiger partial charge in [-0.1, -0.05) is 18.2 Å². The average Bonchev–Trinajstić information content (AvgIpc) is 2.48. The molecule has 3 nitrogen and oxygen atoms in total. The summed E-state index contributed by atoms with van der Waals surface area (Å²) in [7, 11) is -4.53. The lowest BCUT2D eigenvalue weighted by Crippen LogP contribution is -2.29. The fourth-order valence-corrected chi connectivity index (χ4v) is 3.54. The molecule has 0 aliphatic heterocycles. The number of nitrogens with one attached hydrogen (secondary N) is 1. The summed E-state index contributed by atoms with van der Waals surface area (Å²) in [5.41, 5.74) is -1.24. The third-order valence-corrected chi connectivity index (χ3v) is 4.86. The van der Waals surface area contributed by atoms with Crippen molar-refractivity contribution in [3.8, 4) is 0 Å². The van der Waals surface area contributed by atoms with Gasteiger partial charge in [0, 0.05) is 6.04 Å². The van der Waals surface area contributed by atoms with Crippen LogP contribution in [0, 0.1) is 11.6 Å². The Morgan fingerprint density at radius 1 is 1.00 bits per heavy atom. The van der Waals surface area contributed by atoms with E-state index in [0.29, 0.717) is 6.07 Å². The third kappa shape index (κ3) is 3.90. The minimum atomic E-state index is -4.85. The van der Waals surface area contributed by atoms with E-state index in [1.54, 1.807) is 0 Å². The molecule has 1 unspecified atom stereocenters. The van der Waals surface area contributed by atoms with Gasteiger partial charge in [0.2, 0.25) is 10.0 Å². The van der Waals surface area contributed by atoms with E-state index in [0.717, 1.165) is 36.4 Å². The number of hydrogen-bond donors (Lipinski definition) is 1. The van der Waals surface area contributed by atoms with Crippen molar-refractivity contribution >= 4 is 10.0 Å². The lowest BCUT2D eigenvalue weighted by atomic mass is 10.1. The van der Waals surface area contributed by atoms with Crippen molar-refractivity contribution in [1.29, 1.82) is 0 Å². The normalized spacial score (nSPS) is 13.8. The fraction of sp³-hybridized carbons (Fsp3) is 0.200. The Kier molecular flexibility index (Phi) is 4.95. The molecule has 0 aliphatic carbocycles. The first-order valence-electron chi connectivity index (χ1n) is 6.66. The highest BCUT2D eigenvalue weighted by Gasteiger charge is 2.37. The van der Waals surface area contributed by atoms with Crippen molar-refractivity contribution in [3.05, 3.63) is 65.2 Å². The third-order valence-electron chi connectivity index (χ3n) is 3.26. The van der Waals surface area contributed by atoms with Crippen LogP contribution in [-0.2, 0) is 16.2 Å². The summed E-state index contributed by atoms with van der Waals surface area (Å²) in [6.45, 7) is 1.31. The second-order valence-corrected chi connectivity index (χ2v) is 6.69. The van der Waals surface area contributed by atoms with Crippen molar-refractivity contribution in [2.75, 3.05) is 0 Å². The first kappa shape index (κ1) is 18.3. The average molecular weight is 365 g/mol. The Balaban J connectivity index is 2.37. The maximum absolute atomic E-state index is 13.2. The van der Waals surface area contributed by atoms with Gasteiger partial charge >= 0.3 is 6.18 Å². The molecular weight excluding hydrogens is 353 g/mol. The quantitative estimate of drug-likeness (QED) is 0.832. The zero-order valence-corrected chi connectivity index (χ0v) is 13.0. The molecule has 130 valence electrons. The molecule has 0 radical (unpaired) electrons. The van der Waals surface area contributed by atoms with Gasteiger partial charge in [0.05, 0.1) is 10.5 Å². The van der Waals surface area contributed by atoms with E-state index in [4.69, 9.17) is 0 Å². The predicted molar refractivity (Wildman–Crippen MR) is 76.5 cm³/mol. The van der Waals surface area contributed by atoms with E-state index in [-0.39, 0.29) is 5.56 Å². The molecule has 0 amide bonds. The number of rotatable bonds is 4. The molecule has 1 atom stereocenters. The molecule has 1 N–H and O–H groups in total. The maximum Gasteiger partial charge on any atom is 0.417 e. The summed E-state index contributed by atoms with van der Waals surface area (Å²) in [6, 6.07) is 5.36. The van der Waals surface area contributed by atoms with Gasteiger partial charge < -0.3 is 0 Å². The second kappa shape index (κ2) is 6.48. The molecule has 0 spiro atoms. The molecule has 0 saturated carbocycles. The monoisotopic (exact) mass is 365 g/mol. The molecule has 0 heterocycles. The molecule has 0 aliphatic rings. The highest BCUT2D eigenvalue weighted by Crippen LogP contribution is 2.34. The van der Waals surface area contributed by atoms with Gasteiger partial charge in [-0.25, -0.2) is 21.9 Å². The van der Waals surface area contributed by atoms with Crippen LogP contribution in [0.1, 0.15) is 24.1 Å². The number of sulfonamides is 1. The van der Waals surface area contributed by atoms with Crippen molar-refractivity contribution in [1.82, 2.24) is 4.72 Å². The zero-order valence-electron chi connectivity index (χ0n) is 12.2. The van der Waals surface area contributed by atoms with Crippen LogP contribution in [0.2, 0.25) is 0 Å². The standard InChI is InChI=1S/C15H12F5NO2S/c1-9(10-6-7-12(16)13(17)8-10)21-24(22,23)14-5-3-2-4-11(14)15(18,19)20/h2-9,21H,1H3. The fourth-order valence-electron chi connectivity index (χ4n) is 2.08.